The Kier molecular flexibility index (Phi) is 3.75. The summed E-state index contributed by atoms with van der Waals surface area (Å²) in [7, 11) is 2.22. The maximum absolute atomic E-state index is 4.15. The van der Waals surface area contributed by atoms with Gasteiger partial charge in [-0.25, -0.2) is 0 Å². The highest BCUT2D eigenvalue weighted by atomic mass is 15.3. The molecule has 1 aliphatic carbocycles. The normalized spacial score (nSPS) is 16.1. The molecule has 15 heavy (non-hydrogen) atoms. The molecule has 4 heteroatoms. The van der Waals surface area contributed by atoms with Crippen LogP contribution in [0, 0.1) is 0 Å². The van der Waals surface area contributed by atoms with E-state index in [4.69, 9.17) is 0 Å². The molecule has 0 aromatic carbocycles. The van der Waals surface area contributed by atoms with Crippen molar-refractivity contribution < 1.29 is 0 Å². The summed E-state index contributed by atoms with van der Waals surface area (Å²) in [6.45, 7) is 4.19. The molecule has 0 unspecified atom stereocenters. The molecule has 1 aliphatic rings. The minimum Gasteiger partial charge on any atom is -0.314 e. The van der Waals surface area contributed by atoms with E-state index in [0.29, 0.717) is 0 Å². The van der Waals surface area contributed by atoms with Crippen LogP contribution in [0.25, 0.3) is 0 Å². The minimum atomic E-state index is 0.873. The van der Waals surface area contributed by atoms with E-state index >= 15 is 0 Å². The average molecular weight is 208 g/mol. The van der Waals surface area contributed by atoms with E-state index < -0.39 is 0 Å². The molecule has 0 bridgehead atoms. The van der Waals surface area contributed by atoms with Crippen molar-refractivity contribution in [3.8, 4) is 0 Å². The maximum atomic E-state index is 4.15. The average Bonchev–Trinajstić information content (AvgIpc) is 2.97. The largest absolute Gasteiger partial charge is 0.314 e. The molecule has 1 aromatic rings. The predicted molar refractivity (Wildman–Crippen MR) is 60.7 cm³/mol. The van der Waals surface area contributed by atoms with Crippen LogP contribution in [0.1, 0.15) is 12.8 Å². The molecule has 1 aromatic heterocycles. The van der Waals surface area contributed by atoms with Crippen LogP contribution in [-0.2, 0) is 6.54 Å². The lowest BCUT2D eigenvalue weighted by molar-refractivity contribution is 0.320. The second kappa shape index (κ2) is 5.28. The Hall–Kier alpha value is -0.870. The van der Waals surface area contributed by atoms with Gasteiger partial charge in [-0.3, -0.25) is 4.68 Å². The van der Waals surface area contributed by atoms with Crippen LogP contribution in [0.5, 0.6) is 0 Å². The lowest BCUT2D eigenvalue weighted by Gasteiger charge is -2.15. The Morgan fingerprint density at radius 3 is 3.00 bits per heavy atom. The Labute approximate surface area is 91.3 Å². The van der Waals surface area contributed by atoms with Crippen molar-refractivity contribution in [3.05, 3.63) is 18.5 Å². The SMILES string of the molecule is CN(CCNCCn1cccn1)C1CC1. The molecule has 84 valence electrons. The molecule has 0 spiro atoms. The van der Waals surface area contributed by atoms with E-state index in [1.807, 2.05) is 23.1 Å². The summed E-state index contributed by atoms with van der Waals surface area (Å²) in [5.74, 6) is 0. The van der Waals surface area contributed by atoms with Gasteiger partial charge in [0.05, 0.1) is 6.54 Å². The van der Waals surface area contributed by atoms with Crippen LogP contribution < -0.4 is 5.32 Å². The molecule has 1 heterocycles. The lowest BCUT2D eigenvalue weighted by atomic mass is 10.5. The third-order valence-electron chi connectivity index (χ3n) is 2.89. The van der Waals surface area contributed by atoms with Crippen LogP contribution in [0.2, 0.25) is 0 Å². The molecular weight excluding hydrogens is 188 g/mol. The van der Waals surface area contributed by atoms with Gasteiger partial charge in [0.2, 0.25) is 0 Å². The fourth-order valence-electron chi connectivity index (χ4n) is 1.70. The fraction of sp³-hybridized carbons (Fsp3) is 0.727. The third kappa shape index (κ3) is 3.64. The first-order chi connectivity index (χ1) is 7.36. The van der Waals surface area contributed by atoms with Crippen LogP contribution in [0.15, 0.2) is 18.5 Å². The Bertz CT molecular complexity index is 266. The maximum Gasteiger partial charge on any atom is 0.0533 e. The fourth-order valence-corrected chi connectivity index (χ4v) is 1.70. The van der Waals surface area contributed by atoms with Crippen molar-refractivity contribution in [2.75, 3.05) is 26.7 Å². The van der Waals surface area contributed by atoms with Gasteiger partial charge < -0.3 is 10.2 Å². The first-order valence-electron chi connectivity index (χ1n) is 5.74. The highest BCUT2D eigenvalue weighted by Crippen LogP contribution is 2.24. The highest BCUT2D eigenvalue weighted by molar-refractivity contribution is 4.82. The highest BCUT2D eigenvalue weighted by Gasteiger charge is 2.25. The van der Waals surface area contributed by atoms with Crippen LogP contribution in [0.3, 0.4) is 0 Å². The first-order valence-corrected chi connectivity index (χ1v) is 5.74. The summed E-state index contributed by atoms with van der Waals surface area (Å²) < 4.78 is 1.96. The summed E-state index contributed by atoms with van der Waals surface area (Å²) in [5, 5.41) is 7.59. The number of hydrogen-bond donors (Lipinski definition) is 1. The van der Waals surface area contributed by atoms with Gasteiger partial charge in [0.15, 0.2) is 0 Å². The minimum absolute atomic E-state index is 0.873. The van der Waals surface area contributed by atoms with Gasteiger partial charge in [0, 0.05) is 38.1 Å². The summed E-state index contributed by atoms with van der Waals surface area (Å²) >= 11 is 0. The van der Waals surface area contributed by atoms with Crippen molar-refractivity contribution in [1.82, 2.24) is 20.0 Å². The summed E-state index contributed by atoms with van der Waals surface area (Å²) in [6.07, 6.45) is 6.60. The van der Waals surface area contributed by atoms with Gasteiger partial charge in [-0.15, -0.1) is 0 Å². The molecule has 0 atom stereocenters. The van der Waals surface area contributed by atoms with Crippen LogP contribution >= 0.6 is 0 Å². The second-order valence-electron chi connectivity index (χ2n) is 4.23. The second-order valence-corrected chi connectivity index (χ2v) is 4.23. The number of aromatic nitrogens is 2. The lowest BCUT2D eigenvalue weighted by Crippen LogP contribution is -2.32. The van der Waals surface area contributed by atoms with Crippen molar-refractivity contribution in [1.29, 1.82) is 0 Å². The number of hydrogen-bond acceptors (Lipinski definition) is 3. The van der Waals surface area contributed by atoms with Crippen molar-refractivity contribution in [3.63, 3.8) is 0 Å². The molecule has 0 amide bonds. The van der Waals surface area contributed by atoms with Gasteiger partial charge in [-0.2, -0.15) is 5.10 Å². The van der Waals surface area contributed by atoms with Gasteiger partial charge in [0.25, 0.3) is 0 Å². The number of nitrogens with one attached hydrogen (secondary N) is 1. The molecule has 1 fully saturated rings. The quantitative estimate of drug-likeness (QED) is 0.665. The zero-order chi connectivity index (χ0) is 10.5. The zero-order valence-electron chi connectivity index (χ0n) is 9.39. The van der Waals surface area contributed by atoms with Crippen molar-refractivity contribution >= 4 is 0 Å². The van der Waals surface area contributed by atoms with Crippen molar-refractivity contribution in [2.24, 2.45) is 0 Å². The molecule has 0 aliphatic heterocycles. The van der Waals surface area contributed by atoms with E-state index in [1.54, 1.807) is 0 Å². The van der Waals surface area contributed by atoms with Crippen LogP contribution in [-0.4, -0.2) is 47.4 Å². The molecule has 4 nitrogen and oxygen atoms in total. The van der Waals surface area contributed by atoms with E-state index in [1.165, 1.54) is 12.8 Å². The van der Waals surface area contributed by atoms with Gasteiger partial charge in [-0.1, -0.05) is 0 Å². The van der Waals surface area contributed by atoms with Crippen LogP contribution in [0.4, 0.5) is 0 Å². The monoisotopic (exact) mass is 208 g/mol. The molecule has 1 saturated carbocycles. The predicted octanol–water partition coefficient (Wildman–Crippen LogP) is 0.567. The first kappa shape index (κ1) is 10.6. The molecule has 0 radical (unpaired) electrons. The van der Waals surface area contributed by atoms with Crippen molar-refractivity contribution in [2.45, 2.75) is 25.4 Å². The third-order valence-corrected chi connectivity index (χ3v) is 2.89. The Balaban J connectivity index is 1.48. The molecular formula is C11H20N4. The topological polar surface area (TPSA) is 33.1 Å². The van der Waals surface area contributed by atoms with E-state index in [-0.39, 0.29) is 0 Å². The summed E-state index contributed by atoms with van der Waals surface area (Å²) in [5.41, 5.74) is 0. The number of nitrogens with zero attached hydrogens (tertiary/aromatic N) is 3. The zero-order valence-corrected chi connectivity index (χ0v) is 9.39. The Morgan fingerprint density at radius 2 is 2.33 bits per heavy atom. The Morgan fingerprint density at radius 1 is 1.47 bits per heavy atom. The molecule has 2 rings (SSSR count). The van der Waals surface area contributed by atoms with Gasteiger partial charge in [-0.05, 0) is 26.0 Å². The van der Waals surface area contributed by atoms with E-state index in [0.717, 1.165) is 32.2 Å². The molecule has 1 N–H and O–H groups in total. The number of likely N-dealkylation sites (N-methyl/N-ethyl adjacent to an activating group) is 1. The van der Waals surface area contributed by atoms with E-state index in [9.17, 15) is 0 Å². The standard InChI is InChI=1S/C11H20N4/c1-14(11-3-4-11)9-6-12-7-10-15-8-2-5-13-15/h2,5,8,11-12H,3-4,6-7,9-10H2,1H3. The molecule has 0 saturated heterocycles. The van der Waals surface area contributed by atoms with E-state index in [2.05, 4.69) is 22.4 Å². The summed E-state index contributed by atoms with van der Waals surface area (Å²) in [4.78, 5) is 2.45. The van der Waals surface area contributed by atoms with Gasteiger partial charge in [0.1, 0.15) is 0 Å². The summed E-state index contributed by atoms with van der Waals surface area (Å²) in [6, 6.07) is 2.83. The number of rotatable bonds is 7. The smallest absolute Gasteiger partial charge is 0.0533 e. The van der Waals surface area contributed by atoms with Gasteiger partial charge >= 0.3 is 0 Å².